The molecular weight excluding hydrogens is 652 g/mol. The summed E-state index contributed by atoms with van der Waals surface area (Å²) in [4.78, 5) is 28.9. The van der Waals surface area contributed by atoms with Gasteiger partial charge in [-0.05, 0) is 69.2 Å². The van der Waals surface area contributed by atoms with Crippen molar-refractivity contribution in [2.24, 2.45) is 0 Å². The maximum atomic E-state index is 14.2. The Balaban J connectivity index is 1.73. The highest BCUT2D eigenvalue weighted by Gasteiger charge is 2.34. The molecule has 1 unspecified atom stereocenters. The van der Waals surface area contributed by atoms with Gasteiger partial charge < -0.3 is 10.2 Å². The largest absolute Gasteiger partial charge is 0.352 e. The van der Waals surface area contributed by atoms with Crippen molar-refractivity contribution in [1.82, 2.24) is 10.2 Å². The van der Waals surface area contributed by atoms with Crippen molar-refractivity contribution in [3.63, 3.8) is 0 Å². The first-order valence-electron chi connectivity index (χ1n) is 13.9. The Morgan fingerprint density at radius 1 is 0.907 bits per heavy atom. The fraction of sp³-hybridized carbons (Fsp3) is 0.355. The summed E-state index contributed by atoms with van der Waals surface area (Å²) in [6.07, 6.45) is 4.88. The molecule has 0 saturated heterocycles. The second kappa shape index (κ2) is 14.5. The molecule has 0 spiro atoms. The van der Waals surface area contributed by atoms with E-state index in [1.54, 1.807) is 37.3 Å². The molecule has 0 aliphatic heterocycles. The summed E-state index contributed by atoms with van der Waals surface area (Å²) in [5, 5.41) is 4.08. The lowest BCUT2D eigenvalue weighted by molar-refractivity contribution is -0.139. The molecule has 12 heteroatoms. The van der Waals surface area contributed by atoms with Crippen molar-refractivity contribution in [2.75, 3.05) is 10.8 Å². The van der Waals surface area contributed by atoms with Crippen LogP contribution in [0.25, 0.3) is 0 Å². The highest BCUT2D eigenvalue weighted by molar-refractivity contribution is 7.92. The van der Waals surface area contributed by atoms with E-state index in [1.807, 2.05) is 6.92 Å². The number of amides is 2. The zero-order valence-electron chi connectivity index (χ0n) is 23.8. The molecule has 3 aromatic rings. The minimum absolute atomic E-state index is 0.0107. The molecule has 0 aromatic heterocycles. The number of benzene rings is 3. The molecule has 230 valence electrons. The third-order valence-corrected chi connectivity index (χ3v) is 10.5. The first-order chi connectivity index (χ1) is 20.4. The Bertz CT molecular complexity index is 1540. The van der Waals surface area contributed by atoms with Gasteiger partial charge in [-0.15, -0.1) is 0 Å². The molecule has 0 bridgehead atoms. The predicted molar refractivity (Wildman–Crippen MR) is 174 cm³/mol. The molecule has 1 aliphatic carbocycles. The average Bonchev–Trinajstić information content (AvgIpc) is 2.95. The summed E-state index contributed by atoms with van der Waals surface area (Å²) >= 11 is 25.4. The normalized spacial score (nSPS) is 14.7. The monoisotopic (exact) mass is 683 g/mol. The van der Waals surface area contributed by atoms with Gasteiger partial charge in [-0.2, -0.15) is 0 Å². The lowest BCUT2D eigenvalue weighted by Gasteiger charge is -2.33. The molecule has 2 amide bonds. The van der Waals surface area contributed by atoms with E-state index in [2.05, 4.69) is 5.32 Å². The molecule has 1 atom stereocenters. The molecule has 0 radical (unpaired) electrons. The van der Waals surface area contributed by atoms with E-state index in [4.69, 9.17) is 46.4 Å². The molecule has 43 heavy (non-hydrogen) atoms. The fourth-order valence-electron chi connectivity index (χ4n) is 5.05. The molecule has 3 aromatic carbocycles. The van der Waals surface area contributed by atoms with Crippen LogP contribution in [-0.2, 0) is 26.2 Å². The number of hydrogen-bond donors (Lipinski definition) is 1. The summed E-state index contributed by atoms with van der Waals surface area (Å²) in [5.74, 6) is -0.990. The minimum Gasteiger partial charge on any atom is -0.352 e. The predicted octanol–water partition coefficient (Wildman–Crippen LogP) is 7.67. The third kappa shape index (κ3) is 8.37. The van der Waals surface area contributed by atoms with Crippen molar-refractivity contribution < 1.29 is 18.0 Å². The number of nitrogens with one attached hydrogen (secondary N) is 1. The second-order valence-electron chi connectivity index (χ2n) is 10.7. The topological polar surface area (TPSA) is 86.8 Å². The van der Waals surface area contributed by atoms with Crippen molar-refractivity contribution in [2.45, 2.75) is 69.5 Å². The van der Waals surface area contributed by atoms with Crippen LogP contribution in [0.2, 0.25) is 20.1 Å². The Morgan fingerprint density at radius 3 is 2.07 bits per heavy atom. The summed E-state index contributed by atoms with van der Waals surface area (Å²) < 4.78 is 29.0. The highest BCUT2D eigenvalue weighted by Crippen LogP contribution is 2.31. The first-order valence-corrected chi connectivity index (χ1v) is 16.9. The number of nitrogens with zero attached hydrogens (tertiary/aromatic N) is 2. The van der Waals surface area contributed by atoms with Crippen LogP contribution in [0.5, 0.6) is 0 Å². The van der Waals surface area contributed by atoms with Crippen LogP contribution in [0.1, 0.15) is 50.2 Å². The van der Waals surface area contributed by atoms with E-state index in [0.29, 0.717) is 15.6 Å². The maximum absolute atomic E-state index is 14.2. The molecule has 1 saturated carbocycles. The van der Waals surface area contributed by atoms with Crippen molar-refractivity contribution in [3.8, 4) is 0 Å². The van der Waals surface area contributed by atoms with E-state index >= 15 is 0 Å². The van der Waals surface area contributed by atoms with Crippen molar-refractivity contribution in [3.05, 3.63) is 91.9 Å². The van der Waals surface area contributed by atoms with Gasteiger partial charge in [-0.1, -0.05) is 89.4 Å². The number of aryl methyl sites for hydroxylation is 1. The van der Waals surface area contributed by atoms with Gasteiger partial charge in [0.2, 0.25) is 11.8 Å². The van der Waals surface area contributed by atoms with E-state index < -0.39 is 28.5 Å². The standard InChI is InChI=1S/C31H33Cl4N3O4S/c1-20-11-13-26(14-12-20)43(41,42)38(25-16-22(32)15-23(33)17-25)19-30(39)37(18-27-28(34)9-6-10-29(27)35)21(2)31(40)36-24-7-4-3-5-8-24/h6,9-17,21,24H,3-5,7-8,18-19H2,1-2H3,(H,36,40). The smallest absolute Gasteiger partial charge is 0.264 e. The number of anilines is 1. The molecular formula is C31H33Cl4N3O4S. The van der Waals surface area contributed by atoms with E-state index in [1.165, 1.54) is 35.2 Å². The third-order valence-electron chi connectivity index (χ3n) is 7.53. The highest BCUT2D eigenvalue weighted by atomic mass is 35.5. The molecule has 7 nitrogen and oxygen atoms in total. The Labute approximate surface area is 273 Å². The van der Waals surface area contributed by atoms with Gasteiger partial charge >= 0.3 is 0 Å². The van der Waals surface area contributed by atoms with Crippen LogP contribution in [0.3, 0.4) is 0 Å². The fourth-order valence-corrected chi connectivity index (χ4v) is 7.48. The van der Waals surface area contributed by atoms with Crippen molar-refractivity contribution in [1.29, 1.82) is 0 Å². The summed E-state index contributed by atoms with van der Waals surface area (Å²) in [6, 6.07) is 14.6. The zero-order chi connectivity index (χ0) is 31.3. The van der Waals surface area contributed by atoms with Crippen LogP contribution in [0.15, 0.2) is 65.6 Å². The Hall–Kier alpha value is -2.49. The van der Waals surface area contributed by atoms with Gasteiger partial charge in [0.05, 0.1) is 10.6 Å². The first kappa shape index (κ1) is 33.4. The second-order valence-corrected chi connectivity index (χ2v) is 14.2. The number of rotatable bonds is 10. The number of hydrogen-bond acceptors (Lipinski definition) is 4. The molecule has 1 N–H and O–H groups in total. The number of halogens is 4. The maximum Gasteiger partial charge on any atom is 0.264 e. The Morgan fingerprint density at radius 2 is 1.49 bits per heavy atom. The number of sulfonamides is 1. The Kier molecular flexibility index (Phi) is 11.3. The average molecular weight is 686 g/mol. The lowest BCUT2D eigenvalue weighted by Crippen LogP contribution is -2.53. The molecule has 1 fully saturated rings. The van der Waals surface area contributed by atoms with Gasteiger partial charge in [0.25, 0.3) is 10.0 Å². The van der Waals surface area contributed by atoms with Crippen LogP contribution in [-0.4, -0.2) is 43.8 Å². The minimum atomic E-state index is -4.27. The van der Waals surface area contributed by atoms with Gasteiger partial charge in [-0.25, -0.2) is 8.42 Å². The summed E-state index contributed by atoms with van der Waals surface area (Å²) in [6.45, 7) is 2.68. The lowest BCUT2D eigenvalue weighted by atomic mass is 9.95. The van der Waals surface area contributed by atoms with E-state index in [9.17, 15) is 18.0 Å². The number of carbonyl (C=O) groups excluding carboxylic acids is 2. The van der Waals surface area contributed by atoms with Crippen LogP contribution >= 0.6 is 46.4 Å². The van der Waals surface area contributed by atoms with Crippen LogP contribution in [0.4, 0.5) is 5.69 Å². The van der Waals surface area contributed by atoms with E-state index in [0.717, 1.165) is 42.0 Å². The summed E-state index contributed by atoms with van der Waals surface area (Å²) in [7, 11) is -4.27. The van der Waals surface area contributed by atoms with Crippen molar-refractivity contribution >= 4 is 73.9 Å². The van der Waals surface area contributed by atoms with Crippen LogP contribution < -0.4 is 9.62 Å². The quantitative estimate of drug-likeness (QED) is 0.238. The number of carbonyl (C=O) groups is 2. The zero-order valence-corrected chi connectivity index (χ0v) is 27.7. The van der Waals surface area contributed by atoms with Crippen LogP contribution in [0, 0.1) is 6.92 Å². The van der Waals surface area contributed by atoms with E-state index in [-0.39, 0.29) is 39.1 Å². The summed E-state index contributed by atoms with van der Waals surface area (Å²) in [5.41, 5.74) is 1.41. The molecule has 0 heterocycles. The van der Waals surface area contributed by atoms with Gasteiger partial charge in [-0.3, -0.25) is 13.9 Å². The van der Waals surface area contributed by atoms with Gasteiger partial charge in [0.15, 0.2) is 0 Å². The molecule has 1 aliphatic rings. The van der Waals surface area contributed by atoms with Gasteiger partial charge in [0, 0.05) is 38.2 Å². The van der Waals surface area contributed by atoms with Gasteiger partial charge in [0.1, 0.15) is 12.6 Å². The molecule has 4 rings (SSSR count). The SMILES string of the molecule is Cc1ccc(S(=O)(=O)N(CC(=O)N(Cc2c(Cl)cccc2Cl)C(C)C(=O)NC2CCCCC2)c2cc(Cl)cc(Cl)c2)cc1.